The van der Waals surface area contributed by atoms with Crippen molar-refractivity contribution in [2.45, 2.75) is 45.1 Å². The molecule has 1 aromatic heterocycles. The maximum Gasteiger partial charge on any atom is 0.270 e. The van der Waals surface area contributed by atoms with E-state index in [0.29, 0.717) is 43.6 Å². The summed E-state index contributed by atoms with van der Waals surface area (Å²) in [5.74, 6) is 0.106. The molecule has 1 aromatic rings. The summed E-state index contributed by atoms with van der Waals surface area (Å²) in [7, 11) is 0. The van der Waals surface area contributed by atoms with Gasteiger partial charge in [-0.1, -0.05) is 0 Å². The van der Waals surface area contributed by atoms with E-state index >= 15 is 0 Å². The number of aliphatic hydroxyl groups is 2. The first kappa shape index (κ1) is 16.2. The van der Waals surface area contributed by atoms with Crippen LogP contribution >= 0.6 is 0 Å². The summed E-state index contributed by atoms with van der Waals surface area (Å²) >= 11 is 0. The van der Waals surface area contributed by atoms with E-state index in [4.69, 9.17) is 5.11 Å². The number of aromatic amines is 1. The predicted molar refractivity (Wildman–Crippen MR) is 84.5 cm³/mol. The number of carbonyl (C=O) groups excluding carboxylic acids is 2. The second-order valence-electron chi connectivity index (χ2n) is 6.63. The minimum Gasteiger partial charge on any atom is -0.394 e. The lowest BCUT2D eigenvalue weighted by Crippen LogP contribution is -2.42. The first-order chi connectivity index (χ1) is 11.0. The van der Waals surface area contributed by atoms with Crippen molar-refractivity contribution in [3.63, 3.8) is 0 Å². The van der Waals surface area contributed by atoms with Gasteiger partial charge in [0.2, 0.25) is 0 Å². The zero-order valence-corrected chi connectivity index (χ0v) is 13.5. The van der Waals surface area contributed by atoms with Gasteiger partial charge < -0.3 is 20.1 Å². The first-order valence-electron chi connectivity index (χ1n) is 8.35. The Morgan fingerprint density at radius 3 is 2.65 bits per heavy atom. The average Bonchev–Trinajstić information content (AvgIpc) is 2.92. The predicted octanol–water partition coefficient (Wildman–Crippen LogP) is 1.05. The Kier molecular flexibility index (Phi) is 4.55. The Balaban J connectivity index is 1.74. The van der Waals surface area contributed by atoms with Gasteiger partial charge in [-0.25, -0.2) is 0 Å². The molecule has 1 aliphatic carbocycles. The molecule has 3 N–H and O–H groups in total. The molecular weight excluding hydrogens is 296 g/mol. The van der Waals surface area contributed by atoms with Gasteiger partial charge in [0, 0.05) is 30.8 Å². The normalized spacial score (nSPS) is 20.5. The summed E-state index contributed by atoms with van der Waals surface area (Å²) in [6, 6.07) is 0. The van der Waals surface area contributed by atoms with Crippen LogP contribution in [0.4, 0.5) is 0 Å². The number of H-pyrrole nitrogens is 1. The molecule has 1 saturated heterocycles. The lowest BCUT2D eigenvalue weighted by atomic mass is 9.91. The van der Waals surface area contributed by atoms with Gasteiger partial charge in [0.25, 0.3) is 5.91 Å². The van der Waals surface area contributed by atoms with Crippen molar-refractivity contribution in [1.29, 1.82) is 0 Å². The number of ketones is 1. The summed E-state index contributed by atoms with van der Waals surface area (Å²) in [5.41, 5.74) is 2.91. The molecule has 1 amide bonds. The fourth-order valence-corrected chi connectivity index (χ4v) is 3.78. The van der Waals surface area contributed by atoms with E-state index in [-0.39, 0.29) is 24.2 Å². The van der Waals surface area contributed by atoms with E-state index in [1.165, 1.54) is 0 Å². The van der Waals surface area contributed by atoms with Crippen molar-refractivity contribution in [1.82, 2.24) is 9.88 Å². The number of piperidine rings is 1. The van der Waals surface area contributed by atoms with Crippen molar-refractivity contribution >= 4 is 11.7 Å². The van der Waals surface area contributed by atoms with Crippen LogP contribution < -0.4 is 0 Å². The lowest BCUT2D eigenvalue weighted by Gasteiger charge is -2.33. The molecule has 0 bridgehead atoms. The van der Waals surface area contributed by atoms with E-state index in [1.807, 2.05) is 6.92 Å². The van der Waals surface area contributed by atoms with Gasteiger partial charge in [0.05, 0.1) is 12.7 Å². The van der Waals surface area contributed by atoms with E-state index in [1.54, 1.807) is 4.90 Å². The Hall–Kier alpha value is -1.66. The van der Waals surface area contributed by atoms with Gasteiger partial charge in [0.1, 0.15) is 5.69 Å². The van der Waals surface area contributed by atoms with Crippen LogP contribution in [0.15, 0.2) is 0 Å². The molecule has 1 atom stereocenters. The van der Waals surface area contributed by atoms with Crippen LogP contribution in [0, 0.1) is 12.8 Å². The van der Waals surface area contributed by atoms with Crippen LogP contribution in [0.5, 0.6) is 0 Å². The molecule has 6 heteroatoms. The highest BCUT2D eigenvalue weighted by atomic mass is 16.3. The third-order valence-electron chi connectivity index (χ3n) is 5.21. The fourth-order valence-electron chi connectivity index (χ4n) is 3.78. The summed E-state index contributed by atoms with van der Waals surface area (Å²) in [5, 5.41) is 18.7. The Bertz CT molecular complexity index is 614. The third-order valence-corrected chi connectivity index (χ3v) is 5.21. The molecule has 1 aliphatic heterocycles. The number of Topliss-reactive ketones (excluding diaryl/α,β-unsaturated/α-hetero) is 1. The number of likely N-dealkylation sites (tertiary alicyclic amines) is 1. The Labute approximate surface area is 135 Å². The number of carbonyl (C=O) groups is 2. The van der Waals surface area contributed by atoms with Crippen molar-refractivity contribution < 1.29 is 19.8 Å². The molecule has 0 aromatic carbocycles. The maximum atomic E-state index is 12.8. The Morgan fingerprint density at radius 2 is 2.04 bits per heavy atom. The molecule has 6 nitrogen and oxygen atoms in total. The van der Waals surface area contributed by atoms with Crippen LogP contribution in [0.2, 0.25) is 0 Å². The van der Waals surface area contributed by atoms with Gasteiger partial charge in [-0.05, 0) is 44.1 Å². The summed E-state index contributed by atoms with van der Waals surface area (Å²) in [6.45, 7) is 2.74. The minimum atomic E-state index is -0.704. The molecule has 0 radical (unpaired) electrons. The van der Waals surface area contributed by atoms with Gasteiger partial charge in [-0.3, -0.25) is 9.59 Å². The van der Waals surface area contributed by atoms with Crippen molar-refractivity contribution in [3.8, 4) is 0 Å². The molecular formula is C17H24N2O4. The van der Waals surface area contributed by atoms with Crippen LogP contribution in [-0.2, 0) is 6.42 Å². The van der Waals surface area contributed by atoms with Crippen LogP contribution in [0.1, 0.15) is 57.8 Å². The van der Waals surface area contributed by atoms with E-state index < -0.39 is 6.10 Å². The zero-order chi connectivity index (χ0) is 16.6. The molecule has 1 unspecified atom stereocenters. The molecule has 1 fully saturated rings. The molecule has 0 spiro atoms. The smallest absolute Gasteiger partial charge is 0.270 e. The zero-order valence-electron chi connectivity index (χ0n) is 13.5. The number of aryl methyl sites for hydroxylation is 1. The largest absolute Gasteiger partial charge is 0.394 e. The van der Waals surface area contributed by atoms with Crippen molar-refractivity contribution in [2.75, 3.05) is 19.7 Å². The number of amides is 1. The average molecular weight is 320 g/mol. The number of nitrogens with zero attached hydrogens (tertiary/aromatic N) is 1. The number of aromatic nitrogens is 1. The molecule has 0 saturated carbocycles. The highest BCUT2D eigenvalue weighted by Gasteiger charge is 2.31. The topological polar surface area (TPSA) is 93.6 Å². The highest BCUT2D eigenvalue weighted by Crippen LogP contribution is 2.28. The number of fused-ring (bicyclic) bond motifs is 1. The van der Waals surface area contributed by atoms with E-state index in [0.717, 1.165) is 24.1 Å². The molecule has 23 heavy (non-hydrogen) atoms. The van der Waals surface area contributed by atoms with Crippen LogP contribution in [0.25, 0.3) is 0 Å². The SMILES string of the molecule is Cc1c(C(=O)N2CCC(C(O)CO)CC2)[nH]c2c1C(=O)CCC2. The van der Waals surface area contributed by atoms with Crippen LogP contribution in [-0.4, -0.2) is 57.6 Å². The van der Waals surface area contributed by atoms with Crippen molar-refractivity contribution in [3.05, 3.63) is 22.5 Å². The minimum absolute atomic E-state index is 0.0450. The number of aliphatic hydroxyl groups excluding tert-OH is 2. The summed E-state index contributed by atoms with van der Waals surface area (Å²) in [4.78, 5) is 29.8. The molecule has 2 heterocycles. The number of hydrogen-bond acceptors (Lipinski definition) is 4. The standard InChI is InChI=1S/C17H24N2O4/c1-10-15-12(3-2-4-13(15)21)18-16(10)17(23)19-7-5-11(6-8-19)14(22)9-20/h11,14,18,20,22H,2-9H2,1H3. The van der Waals surface area contributed by atoms with E-state index in [9.17, 15) is 14.7 Å². The number of hydrogen-bond donors (Lipinski definition) is 3. The highest BCUT2D eigenvalue weighted by molar-refractivity contribution is 6.04. The van der Waals surface area contributed by atoms with Gasteiger partial charge in [-0.2, -0.15) is 0 Å². The van der Waals surface area contributed by atoms with E-state index in [2.05, 4.69) is 4.98 Å². The first-order valence-corrected chi connectivity index (χ1v) is 8.35. The van der Waals surface area contributed by atoms with Crippen LogP contribution in [0.3, 0.4) is 0 Å². The molecule has 3 rings (SSSR count). The summed E-state index contributed by atoms with van der Waals surface area (Å²) in [6.07, 6.45) is 2.88. The lowest BCUT2D eigenvalue weighted by molar-refractivity contribution is 0.0177. The van der Waals surface area contributed by atoms with Crippen molar-refractivity contribution in [2.24, 2.45) is 5.92 Å². The monoisotopic (exact) mass is 320 g/mol. The van der Waals surface area contributed by atoms with Gasteiger partial charge >= 0.3 is 0 Å². The number of rotatable bonds is 3. The Morgan fingerprint density at radius 1 is 1.35 bits per heavy atom. The molecule has 126 valence electrons. The van der Waals surface area contributed by atoms with Gasteiger partial charge in [-0.15, -0.1) is 0 Å². The quantitative estimate of drug-likeness (QED) is 0.776. The second-order valence-corrected chi connectivity index (χ2v) is 6.63. The molecule has 2 aliphatic rings. The number of nitrogens with one attached hydrogen (secondary N) is 1. The summed E-state index contributed by atoms with van der Waals surface area (Å²) < 4.78 is 0. The second kappa shape index (κ2) is 6.45. The third kappa shape index (κ3) is 2.93. The fraction of sp³-hybridized carbons (Fsp3) is 0.647. The van der Waals surface area contributed by atoms with Gasteiger partial charge in [0.15, 0.2) is 5.78 Å². The maximum absolute atomic E-state index is 12.8.